The Kier molecular flexibility index (Phi) is 4.51. The Labute approximate surface area is 125 Å². The predicted molar refractivity (Wildman–Crippen MR) is 84.8 cm³/mol. The van der Waals surface area contributed by atoms with Crippen molar-refractivity contribution in [1.29, 1.82) is 0 Å². The average molecular weight is 292 g/mol. The summed E-state index contributed by atoms with van der Waals surface area (Å²) in [6, 6.07) is 6.63. The number of hydrogen-bond acceptors (Lipinski definition) is 2. The summed E-state index contributed by atoms with van der Waals surface area (Å²) in [6.45, 7) is 8.12. The van der Waals surface area contributed by atoms with Gasteiger partial charge in [0.25, 0.3) is 0 Å². The molecule has 0 amide bonds. The first-order valence-corrected chi connectivity index (χ1v) is 7.39. The molecule has 3 nitrogen and oxygen atoms in total. The van der Waals surface area contributed by atoms with E-state index in [2.05, 4.69) is 37.1 Å². The van der Waals surface area contributed by atoms with Gasteiger partial charge in [0.2, 0.25) is 0 Å². The van der Waals surface area contributed by atoms with E-state index in [0.717, 1.165) is 34.9 Å². The molecule has 1 unspecified atom stereocenters. The van der Waals surface area contributed by atoms with Gasteiger partial charge in [0.05, 0.1) is 22.1 Å². The van der Waals surface area contributed by atoms with Crippen LogP contribution in [-0.4, -0.2) is 15.8 Å². The van der Waals surface area contributed by atoms with Gasteiger partial charge in [0, 0.05) is 6.04 Å². The lowest BCUT2D eigenvalue weighted by atomic mass is 10.0. The van der Waals surface area contributed by atoms with Crippen molar-refractivity contribution in [3.8, 4) is 5.69 Å². The Morgan fingerprint density at radius 1 is 1.30 bits per heavy atom. The van der Waals surface area contributed by atoms with Crippen molar-refractivity contribution >= 4 is 11.6 Å². The highest BCUT2D eigenvalue weighted by Crippen LogP contribution is 2.25. The second-order valence-electron chi connectivity index (χ2n) is 5.39. The van der Waals surface area contributed by atoms with Gasteiger partial charge in [-0.3, -0.25) is 0 Å². The van der Waals surface area contributed by atoms with Crippen LogP contribution < -0.4 is 5.73 Å². The highest BCUT2D eigenvalue weighted by atomic mass is 35.5. The highest BCUT2D eigenvalue weighted by molar-refractivity contribution is 6.31. The molecule has 1 aromatic carbocycles. The summed E-state index contributed by atoms with van der Waals surface area (Å²) in [4.78, 5) is 0. The fourth-order valence-corrected chi connectivity index (χ4v) is 2.43. The molecular formula is C16H22ClN3. The Balaban J connectivity index is 2.45. The van der Waals surface area contributed by atoms with Crippen molar-refractivity contribution in [1.82, 2.24) is 9.78 Å². The maximum Gasteiger partial charge on any atom is 0.0848 e. The number of aryl methyl sites for hydroxylation is 2. The smallest absolute Gasteiger partial charge is 0.0848 e. The van der Waals surface area contributed by atoms with Crippen LogP contribution in [0.2, 0.25) is 5.02 Å². The lowest BCUT2D eigenvalue weighted by molar-refractivity contribution is 0.645. The summed E-state index contributed by atoms with van der Waals surface area (Å²) in [7, 11) is 0. The van der Waals surface area contributed by atoms with Gasteiger partial charge in [-0.1, -0.05) is 30.7 Å². The lowest BCUT2D eigenvalue weighted by Gasteiger charge is -2.13. The SMILES string of the molecule is CCC(N)Cc1ccc(C)c(-n2nc(C)c(Cl)c2C)c1. The highest BCUT2D eigenvalue weighted by Gasteiger charge is 2.13. The van der Waals surface area contributed by atoms with E-state index in [-0.39, 0.29) is 6.04 Å². The molecule has 108 valence electrons. The molecule has 1 heterocycles. The van der Waals surface area contributed by atoms with Crippen LogP contribution in [-0.2, 0) is 6.42 Å². The first-order chi connectivity index (χ1) is 9.43. The average Bonchev–Trinajstić information content (AvgIpc) is 2.68. The molecule has 0 aliphatic rings. The number of hydrogen-bond donors (Lipinski definition) is 1. The quantitative estimate of drug-likeness (QED) is 0.933. The van der Waals surface area contributed by atoms with Crippen molar-refractivity contribution in [3.63, 3.8) is 0 Å². The van der Waals surface area contributed by atoms with Gasteiger partial charge < -0.3 is 5.73 Å². The fourth-order valence-electron chi connectivity index (χ4n) is 2.32. The molecule has 0 bridgehead atoms. The molecule has 0 radical (unpaired) electrons. The zero-order valence-electron chi connectivity index (χ0n) is 12.6. The summed E-state index contributed by atoms with van der Waals surface area (Å²) in [5.41, 5.74) is 11.4. The Morgan fingerprint density at radius 3 is 2.55 bits per heavy atom. The van der Waals surface area contributed by atoms with Gasteiger partial charge in [0.15, 0.2) is 0 Å². The molecular weight excluding hydrogens is 270 g/mol. The van der Waals surface area contributed by atoms with E-state index in [9.17, 15) is 0 Å². The third-order valence-electron chi connectivity index (χ3n) is 3.73. The molecule has 20 heavy (non-hydrogen) atoms. The molecule has 0 saturated carbocycles. The Morgan fingerprint density at radius 2 is 2.00 bits per heavy atom. The standard InChI is InChI=1S/C16H22ClN3/c1-5-14(18)8-13-7-6-10(2)15(9-13)20-12(4)16(17)11(3)19-20/h6-7,9,14H,5,8,18H2,1-4H3. The first-order valence-electron chi connectivity index (χ1n) is 7.01. The topological polar surface area (TPSA) is 43.8 Å². The van der Waals surface area contributed by atoms with E-state index in [1.165, 1.54) is 11.1 Å². The second kappa shape index (κ2) is 5.98. The minimum atomic E-state index is 0.203. The van der Waals surface area contributed by atoms with Crippen LogP contribution in [0.1, 0.15) is 35.9 Å². The molecule has 0 aliphatic heterocycles. The molecule has 0 spiro atoms. The number of benzene rings is 1. The van der Waals surface area contributed by atoms with Crippen molar-refractivity contribution in [2.24, 2.45) is 5.73 Å². The van der Waals surface area contributed by atoms with Crippen molar-refractivity contribution < 1.29 is 0 Å². The molecule has 1 aromatic heterocycles. The fraction of sp³-hybridized carbons (Fsp3) is 0.438. The summed E-state index contributed by atoms with van der Waals surface area (Å²) in [6.07, 6.45) is 1.87. The zero-order chi connectivity index (χ0) is 14.9. The van der Waals surface area contributed by atoms with E-state index in [1.54, 1.807) is 0 Å². The Bertz CT molecular complexity index is 616. The monoisotopic (exact) mass is 291 g/mol. The van der Waals surface area contributed by atoms with E-state index in [0.29, 0.717) is 0 Å². The van der Waals surface area contributed by atoms with Crippen LogP contribution in [0.15, 0.2) is 18.2 Å². The van der Waals surface area contributed by atoms with Gasteiger partial charge in [-0.15, -0.1) is 0 Å². The van der Waals surface area contributed by atoms with Crippen molar-refractivity contribution in [3.05, 3.63) is 45.7 Å². The van der Waals surface area contributed by atoms with Crippen LogP contribution in [0.3, 0.4) is 0 Å². The predicted octanol–water partition coefficient (Wildman–Crippen LogP) is 3.73. The normalized spacial score (nSPS) is 12.7. The van der Waals surface area contributed by atoms with Gasteiger partial charge in [-0.2, -0.15) is 5.10 Å². The summed E-state index contributed by atoms with van der Waals surface area (Å²) in [5, 5.41) is 5.27. The Hall–Kier alpha value is -1.32. The van der Waals surface area contributed by atoms with E-state index < -0.39 is 0 Å². The summed E-state index contributed by atoms with van der Waals surface area (Å²) < 4.78 is 1.92. The molecule has 0 aliphatic carbocycles. The lowest BCUT2D eigenvalue weighted by Crippen LogP contribution is -2.21. The number of aromatic nitrogens is 2. The third-order valence-corrected chi connectivity index (χ3v) is 4.27. The van der Waals surface area contributed by atoms with Gasteiger partial charge in [-0.05, 0) is 50.8 Å². The van der Waals surface area contributed by atoms with Crippen LogP contribution in [0, 0.1) is 20.8 Å². The molecule has 1 atom stereocenters. The van der Waals surface area contributed by atoms with Crippen molar-refractivity contribution in [2.75, 3.05) is 0 Å². The molecule has 2 aromatic rings. The minimum Gasteiger partial charge on any atom is -0.327 e. The van der Waals surface area contributed by atoms with E-state index in [1.807, 2.05) is 18.5 Å². The van der Waals surface area contributed by atoms with Gasteiger partial charge in [0.1, 0.15) is 0 Å². The molecule has 4 heteroatoms. The van der Waals surface area contributed by atoms with E-state index in [4.69, 9.17) is 17.3 Å². The van der Waals surface area contributed by atoms with Crippen LogP contribution in [0.4, 0.5) is 0 Å². The zero-order valence-corrected chi connectivity index (χ0v) is 13.3. The molecule has 0 saturated heterocycles. The summed E-state index contributed by atoms with van der Waals surface area (Å²) in [5.74, 6) is 0. The maximum absolute atomic E-state index is 6.24. The van der Waals surface area contributed by atoms with Crippen LogP contribution in [0.25, 0.3) is 5.69 Å². The van der Waals surface area contributed by atoms with Crippen LogP contribution >= 0.6 is 11.6 Å². The third kappa shape index (κ3) is 2.89. The first kappa shape index (κ1) is 15.1. The van der Waals surface area contributed by atoms with Gasteiger partial charge in [-0.25, -0.2) is 4.68 Å². The number of halogens is 1. The number of rotatable bonds is 4. The number of nitrogens with two attached hydrogens (primary N) is 1. The number of nitrogens with zero attached hydrogens (tertiary/aromatic N) is 2. The molecule has 0 fully saturated rings. The maximum atomic E-state index is 6.24. The molecule has 2 N–H and O–H groups in total. The molecule has 2 rings (SSSR count). The van der Waals surface area contributed by atoms with E-state index >= 15 is 0 Å². The summed E-state index contributed by atoms with van der Waals surface area (Å²) >= 11 is 6.24. The van der Waals surface area contributed by atoms with Crippen LogP contribution in [0.5, 0.6) is 0 Å². The van der Waals surface area contributed by atoms with Crippen molar-refractivity contribution in [2.45, 2.75) is 46.6 Å². The second-order valence-corrected chi connectivity index (χ2v) is 5.77. The van der Waals surface area contributed by atoms with Gasteiger partial charge >= 0.3 is 0 Å². The minimum absolute atomic E-state index is 0.203. The largest absolute Gasteiger partial charge is 0.327 e.